The quantitative estimate of drug-likeness (QED) is 0.247. The number of nitro groups is 1. The summed E-state index contributed by atoms with van der Waals surface area (Å²) in [4.78, 5) is 23.1. The number of amides is 1. The van der Waals surface area contributed by atoms with Gasteiger partial charge in [0, 0.05) is 17.2 Å². The van der Waals surface area contributed by atoms with Crippen LogP contribution in [0.1, 0.15) is 11.1 Å². The van der Waals surface area contributed by atoms with Gasteiger partial charge in [0.15, 0.2) is 4.32 Å². The summed E-state index contributed by atoms with van der Waals surface area (Å²) in [6.45, 7) is 0. The van der Waals surface area contributed by atoms with Crippen molar-refractivity contribution in [2.45, 2.75) is 0 Å². The third-order valence-corrected chi connectivity index (χ3v) is 4.90. The van der Waals surface area contributed by atoms with Crippen molar-refractivity contribution < 1.29 is 9.72 Å². The molecule has 0 N–H and O–H groups in total. The van der Waals surface area contributed by atoms with Gasteiger partial charge in [-0.05, 0) is 53.7 Å². The number of halogens is 1. The fraction of sp³-hybridized carbons (Fsp3) is 0. The Morgan fingerprint density at radius 3 is 2.35 bits per heavy atom. The molecule has 0 bridgehead atoms. The highest BCUT2D eigenvalue weighted by atomic mass is 35.5. The van der Waals surface area contributed by atoms with Crippen LogP contribution in [-0.2, 0) is 4.79 Å². The molecule has 1 heterocycles. The second-order valence-corrected chi connectivity index (χ2v) is 7.25. The lowest BCUT2D eigenvalue weighted by molar-refractivity contribution is -0.384. The van der Waals surface area contributed by atoms with Crippen LogP contribution < -0.4 is 0 Å². The zero-order valence-corrected chi connectivity index (χ0v) is 15.4. The Kier molecular flexibility index (Phi) is 5.46. The molecule has 1 fully saturated rings. The van der Waals surface area contributed by atoms with Gasteiger partial charge in [-0.15, -0.1) is 0 Å². The van der Waals surface area contributed by atoms with Crippen molar-refractivity contribution in [1.82, 2.24) is 5.01 Å². The average Bonchev–Trinajstić information content (AvgIpc) is 2.89. The molecule has 3 rings (SSSR count). The third-order valence-electron chi connectivity index (χ3n) is 3.37. The molecular formula is C17H10ClN3O3S2. The van der Waals surface area contributed by atoms with Crippen LogP contribution in [0.15, 0.2) is 58.5 Å². The van der Waals surface area contributed by atoms with Gasteiger partial charge < -0.3 is 0 Å². The largest absolute Gasteiger partial charge is 0.286 e. The number of nitrogens with zero attached hydrogens (tertiary/aromatic N) is 3. The van der Waals surface area contributed by atoms with E-state index in [-0.39, 0.29) is 11.6 Å². The molecule has 6 nitrogen and oxygen atoms in total. The Labute approximate surface area is 163 Å². The fourth-order valence-corrected chi connectivity index (χ4v) is 3.37. The first kappa shape index (κ1) is 18.2. The Hall–Kier alpha value is -2.55. The molecule has 1 saturated heterocycles. The van der Waals surface area contributed by atoms with Crippen molar-refractivity contribution in [2.75, 3.05) is 0 Å². The van der Waals surface area contributed by atoms with Gasteiger partial charge in [0.1, 0.15) is 0 Å². The number of hydrogen-bond donors (Lipinski definition) is 0. The number of carbonyl (C=O) groups excluding carboxylic acids is 1. The maximum Gasteiger partial charge on any atom is 0.286 e. The first-order chi connectivity index (χ1) is 12.4. The van der Waals surface area contributed by atoms with Crippen LogP contribution in [0.5, 0.6) is 0 Å². The Morgan fingerprint density at radius 1 is 1.12 bits per heavy atom. The molecule has 0 spiro atoms. The van der Waals surface area contributed by atoms with Gasteiger partial charge in [-0.3, -0.25) is 14.9 Å². The van der Waals surface area contributed by atoms with Gasteiger partial charge in [0.25, 0.3) is 11.6 Å². The smallest absolute Gasteiger partial charge is 0.266 e. The van der Waals surface area contributed by atoms with Crippen molar-refractivity contribution >= 4 is 63.8 Å². The van der Waals surface area contributed by atoms with E-state index in [1.54, 1.807) is 42.5 Å². The predicted octanol–water partition coefficient (Wildman–Crippen LogP) is 4.48. The highest BCUT2D eigenvalue weighted by molar-refractivity contribution is 8.26. The SMILES string of the molecule is O=C1/C(=C\c2ccc(Cl)cc2)SC(=S)N1/N=C/c1ccc([N+](=O)[O-])cc1. The fourth-order valence-electron chi connectivity index (χ4n) is 2.08. The molecule has 0 saturated carbocycles. The molecule has 2 aromatic carbocycles. The molecule has 26 heavy (non-hydrogen) atoms. The summed E-state index contributed by atoms with van der Waals surface area (Å²) in [7, 11) is 0. The molecule has 130 valence electrons. The topological polar surface area (TPSA) is 75.8 Å². The Bertz CT molecular complexity index is 941. The molecule has 1 aliphatic rings. The van der Waals surface area contributed by atoms with Crippen LogP contribution in [-0.4, -0.2) is 26.4 Å². The average molecular weight is 404 g/mol. The molecule has 1 aliphatic heterocycles. The van der Waals surface area contributed by atoms with E-state index in [1.807, 2.05) is 0 Å². The number of hydrogen-bond acceptors (Lipinski definition) is 6. The zero-order chi connectivity index (χ0) is 18.7. The first-order valence-electron chi connectivity index (χ1n) is 7.26. The summed E-state index contributed by atoms with van der Waals surface area (Å²) in [5.41, 5.74) is 1.43. The summed E-state index contributed by atoms with van der Waals surface area (Å²) < 4.78 is 0.313. The molecule has 2 aromatic rings. The van der Waals surface area contributed by atoms with E-state index in [1.165, 1.54) is 18.3 Å². The van der Waals surface area contributed by atoms with E-state index in [4.69, 9.17) is 23.8 Å². The van der Waals surface area contributed by atoms with E-state index >= 15 is 0 Å². The van der Waals surface area contributed by atoms with E-state index in [0.29, 0.717) is 19.8 Å². The second kappa shape index (κ2) is 7.77. The maximum atomic E-state index is 12.5. The molecule has 9 heteroatoms. The molecule has 0 unspecified atom stereocenters. The highest BCUT2D eigenvalue weighted by Gasteiger charge is 2.32. The third kappa shape index (κ3) is 4.16. The summed E-state index contributed by atoms with van der Waals surface area (Å²) in [5.74, 6) is -0.326. The van der Waals surface area contributed by atoms with Crippen molar-refractivity contribution in [1.29, 1.82) is 0 Å². The second-order valence-electron chi connectivity index (χ2n) is 5.14. The van der Waals surface area contributed by atoms with Crippen LogP contribution >= 0.6 is 35.6 Å². The molecule has 0 radical (unpaired) electrons. The van der Waals surface area contributed by atoms with Crippen LogP contribution in [0.2, 0.25) is 5.02 Å². The highest BCUT2D eigenvalue weighted by Crippen LogP contribution is 2.32. The number of rotatable bonds is 4. The lowest BCUT2D eigenvalue weighted by Gasteiger charge is -2.05. The minimum absolute atomic E-state index is 0.0151. The van der Waals surface area contributed by atoms with Crippen molar-refractivity contribution in [3.8, 4) is 0 Å². The number of thioether (sulfide) groups is 1. The summed E-state index contributed by atoms with van der Waals surface area (Å²) in [5, 5.41) is 16.5. The van der Waals surface area contributed by atoms with E-state index < -0.39 is 4.92 Å². The van der Waals surface area contributed by atoms with Gasteiger partial charge in [0.05, 0.1) is 16.0 Å². The standard InChI is InChI=1S/C17H10ClN3O3S2/c18-13-5-1-11(2-6-13)9-15-16(22)20(17(25)26-15)19-10-12-3-7-14(8-4-12)21(23)24/h1-10H/b15-9+,19-10+. The predicted molar refractivity (Wildman–Crippen MR) is 107 cm³/mol. The monoisotopic (exact) mass is 403 g/mol. The number of nitro benzene ring substituents is 1. The van der Waals surface area contributed by atoms with E-state index in [0.717, 1.165) is 22.3 Å². The van der Waals surface area contributed by atoms with Crippen molar-refractivity contribution in [2.24, 2.45) is 5.10 Å². The van der Waals surface area contributed by atoms with Crippen molar-refractivity contribution in [3.63, 3.8) is 0 Å². The minimum atomic E-state index is -0.482. The summed E-state index contributed by atoms with van der Waals surface area (Å²) in [6, 6.07) is 12.9. The van der Waals surface area contributed by atoms with Crippen LogP contribution in [0, 0.1) is 10.1 Å². The number of non-ortho nitro benzene ring substituents is 1. The van der Waals surface area contributed by atoms with Gasteiger partial charge in [-0.1, -0.05) is 35.5 Å². The number of benzene rings is 2. The summed E-state index contributed by atoms with van der Waals surface area (Å²) in [6.07, 6.45) is 3.15. The maximum absolute atomic E-state index is 12.5. The van der Waals surface area contributed by atoms with Gasteiger partial charge >= 0.3 is 0 Å². The number of thiocarbonyl (C=S) groups is 1. The van der Waals surface area contributed by atoms with Crippen LogP contribution in [0.4, 0.5) is 5.69 Å². The zero-order valence-electron chi connectivity index (χ0n) is 13.0. The normalized spacial score (nSPS) is 16.0. The van der Waals surface area contributed by atoms with E-state index in [9.17, 15) is 14.9 Å². The number of hydrazone groups is 1. The van der Waals surface area contributed by atoms with Crippen molar-refractivity contribution in [3.05, 3.63) is 79.7 Å². The summed E-state index contributed by atoms with van der Waals surface area (Å²) >= 11 is 12.2. The molecule has 0 aliphatic carbocycles. The van der Waals surface area contributed by atoms with Gasteiger partial charge in [-0.25, -0.2) is 0 Å². The van der Waals surface area contributed by atoms with Gasteiger partial charge in [0.2, 0.25) is 0 Å². The lowest BCUT2D eigenvalue weighted by atomic mass is 10.2. The number of carbonyl (C=O) groups is 1. The molecular weight excluding hydrogens is 394 g/mol. The first-order valence-corrected chi connectivity index (χ1v) is 8.86. The van der Waals surface area contributed by atoms with Gasteiger partial charge in [-0.2, -0.15) is 10.1 Å². The van der Waals surface area contributed by atoms with E-state index in [2.05, 4.69) is 5.10 Å². The molecule has 0 atom stereocenters. The Balaban J connectivity index is 1.76. The molecule has 0 aromatic heterocycles. The minimum Gasteiger partial charge on any atom is -0.266 e. The Morgan fingerprint density at radius 2 is 1.73 bits per heavy atom. The van der Waals surface area contributed by atoms with Crippen LogP contribution in [0.25, 0.3) is 6.08 Å². The lowest BCUT2D eigenvalue weighted by Crippen LogP contribution is -2.22. The molecule has 1 amide bonds. The van der Waals surface area contributed by atoms with Crippen LogP contribution in [0.3, 0.4) is 0 Å².